The molecule has 0 aliphatic heterocycles. The molecule has 0 bridgehead atoms. The lowest BCUT2D eigenvalue weighted by Crippen LogP contribution is -2.07. The predicted molar refractivity (Wildman–Crippen MR) is 52.6 cm³/mol. The van der Waals surface area contributed by atoms with Gasteiger partial charge in [0.15, 0.2) is 10.6 Å². The van der Waals surface area contributed by atoms with Gasteiger partial charge in [-0.25, -0.2) is 0 Å². The highest BCUT2D eigenvalue weighted by atomic mass is 35.5. The van der Waals surface area contributed by atoms with Gasteiger partial charge in [0.25, 0.3) is 10.1 Å². The first-order valence-electron chi connectivity index (χ1n) is 3.77. The first kappa shape index (κ1) is 12.0. The number of esters is 1. The number of hydrogen-bond donors (Lipinski definition) is 1. The lowest BCUT2D eigenvalue weighted by molar-refractivity contribution is -0.132. The minimum absolute atomic E-state index is 0.212. The van der Waals surface area contributed by atoms with E-state index in [0.717, 1.165) is 6.92 Å². The SMILES string of the molecule is CC(=O)Oc1cccc(Cl)c1S(=O)(=O)O. The highest BCUT2D eigenvalue weighted by molar-refractivity contribution is 7.86. The molecule has 0 spiro atoms. The van der Waals surface area contributed by atoms with Crippen LogP contribution in [-0.2, 0) is 14.9 Å². The summed E-state index contributed by atoms with van der Waals surface area (Å²) in [5.74, 6) is -1.00. The lowest BCUT2D eigenvalue weighted by atomic mass is 10.3. The molecule has 0 amide bonds. The van der Waals surface area contributed by atoms with Gasteiger partial charge >= 0.3 is 5.97 Å². The van der Waals surface area contributed by atoms with Crippen LogP contribution in [0.25, 0.3) is 0 Å². The quantitative estimate of drug-likeness (QED) is 0.489. The third kappa shape index (κ3) is 2.92. The van der Waals surface area contributed by atoms with Gasteiger partial charge in [0.05, 0.1) is 5.02 Å². The van der Waals surface area contributed by atoms with Crippen LogP contribution < -0.4 is 4.74 Å². The molecule has 0 atom stereocenters. The topological polar surface area (TPSA) is 80.7 Å². The van der Waals surface area contributed by atoms with Gasteiger partial charge in [0, 0.05) is 6.92 Å². The van der Waals surface area contributed by atoms with E-state index in [1.54, 1.807) is 0 Å². The Morgan fingerprint density at radius 2 is 2.07 bits per heavy atom. The fourth-order valence-corrected chi connectivity index (χ4v) is 2.11. The summed E-state index contributed by atoms with van der Waals surface area (Å²) in [6.45, 7) is 1.11. The zero-order valence-corrected chi connectivity index (χ0v) is 9.17. The summed E-state index contributed by atoms with van der Waals surface area (Å²) >= 11 is 5.57. The molecule has 0 heterocycles. The molecule has 1 rings (SSSR count). The van der Waals surface area contributed by atoms with Crippen molar-refractivity contribution in [3.63, 3.8) is 0 Å². The van der Waals surface area contributed by atoms with Crippen molar-refractivity contribution >= 4 is 27.7 Å². The summed E-state index contributed by atoms with van der Waals surface area (Å²) in [6.07, 6.45) is 0. The van der Waals surface area contributed by atoms with Gasteiger partial charge in [-0.2, -0.15) is 8.42 Å². The van der Waals surface area contributed by atoms with Crippen molar-refractivity contribution in [1.29, 1.82) is 0 Å². The second-order valence-electron chi connectivity index (χ2n) is 2.64. The van der Waals surface area contributed by atoms with Crippen molar-refractivity contribution in [1.82, 2.24) is 0 Å². The van der Waals surface area contributed by atoms with E-state index in [-0.39, 0.29) is 10.8 Å². The molecule has 0 aliphatic rings. The maximum atomic E-state index is 10.9. The van der Waals surface area contributed by atoms with Gasteiger partial charge in [-0.3, -0.25) is 9.35 Å². The molecule has 0 fully saturated rings. The number of benzene rings is 1. The molecule has 15 heavy (non-hydrogen) atoms. The maximum Gasteiger partial charge on any atom is 0.308 e. The second kappa shape index (κ2) is 4.18. The third-order valence-electron chi connectivity index (χ3n) is 1.44. The average molecular weight is 251 g/mol. The summed E-state index contributed by atoms with van der Waals surface area (Å²) in [4.78, 5) is 10.1. The fraction of sp³-hybridized carbons (Fsp3) is 0.125. The van der Waals surface area contributed by atoms with Crippen LogP contribution in [0.3, 0.4) is 0 Å². The Morgan fingerprint density at radius 3 is 2.53 bits per heavy atom. The molecule has 0 radical (unpaired) electrons. The molecule has 0 saturated carbocycles. The Hall–Kier alpha value is -1.11. The fourth-order valence-electron chi connectivity index (χ4n) is 0.975. The Balaban J connectivity index is 3.40. The van der Waals surface area contributed by atoms with Crippen molar-refractivity contribution in [3.8, 4) is 5.75 Å². The van der Waals surface area contributed by atoms with E-state index in [1.807, 2.05) is 0 Å². The van der Waals surface area contributed by atoms with E-state index in [1.165, 1.54) is 18.2 Å². The van der Waals surface area contributed by atoms with Crippen LogP contribution >= 0.6 is 11.6 Å². The molecule has 7 heteroatoms. The van der Waals surface area contributed by atoms with Crippen LogP contribution in [0, 0.1) is 0 Å². The average Bonchev–Trinajstić information content (AvgIpc) is 1.99. The largest absolute Gasteiger partial charge is 0.425 e. The van der Waals surface area contributed by atoms with Gasteiger partial charge in [0.1, 0.15) is 0 Å². The standard InChI is InChI=1S/C8H7ClO5S/c1-5(10)14-7-4-2-3-6(9)8(7)15(11,12)13/h2-4H,1H3,(H,11,12,13). The summed E-state index contributed by atoms with van der Waals surface area (Å²) in [5, 5.41) is -0.212. The van der Waals surface area contributed by atoms with Crippen molar-refractivity contribution in [3.05, 3.63) is 23.2 Å². The zero-order chi connectivity index (χ0) is 11.6. The predicted octanol–water partition coefficient (Wildman–Crippen LogP) is 1.51. The first-order valence-corrected chi connectivity index (χ1v) is 5.58. The van der Waals surface area contributed by atoms with Crippen LogP contribution in [0.1, 0.15) is 6.92 Å². The Kier molecular flexibility index (Phi) is 3.33. The zero-order valence-electron chi connectivity index (χ0n) is 7.60. The van der Waals surface area contributed by atoms with Crippen LogP contribution in [0.4, 0.5) is 0 Å². The second-order valence-corrected chi connectivity index (χ2v) is 4.40. The molecule has 0 saturated heterocycles. The Bertz CT molecular complexity index is 494. The summed E-state index contributed by atoms with van der Waals surface area (Å²) < 4.78 is 35.3. The third-order valence-corrected chi connectivity index (χ3v) is 2.81. The normalized spacial score (nSPS) is 11.1. The summed E-state index contributed by atoms with van der Waals surface area (Å²) in [5.41, 5.74) is 0. The molecule has 1 aromatic carbocycles. The molecular weight excluding hydrogens is 244 g/mol. The highest BCUT2D eigenvalue weighted by Gasteiger charge is 2.21. The maximum absolute atomic E-state index is 10.9. The van der Waals surface area contributed by atoms with E-state index in [0.29, 0.717) is 0 Å². The van der Waals surface area contributed by atoms with Crippen LogP contribution in [0.2, 0.25) is 5.02 Å². The van der Waals surface area contributed by atoms with E-state index in [4.69, 9.17) is 16.2 Å². The monoisotopic (exact) mass is 250 g/mol. The van der Waals surface area contributed by atoms with Gasteiger partial charge in [-0.05, 0) is 12.1 Å². The van der Waals surface area contributed by atoms with E-state index < -0.39 is 21.0 Å². The molecule has 1 N–H and O–H groups in total. The molecule has 82 valence electrons. The van der Waals surface area contributed by atoms with Crippen molar-refractivity contribution < 1.29 is 22.5 Å². The van der Waals surface area contributed by atoms with Crippen molar-refractivity contribution in [2.75, 3.05) is 0 Å². The van der Waals surface area contributed by atoms with Gasteiger partial charge in [0.2, 0.25) is 0 Å². The van der Waals surface area contributed by atoms with Gasteiger partial charge < -0.3 is 4.74 Å². The molecule has 0 aromatic heterocycles. The minimum atomic E-state index is -4.52. The molecule has 0 aliphatic carbocycles. The number of hydrogen-bond acceptors (Lipinski definition) is 4. The smallest absolute Gasteiger partial charge is 0.308 e. The summed E-state index contributed by atoms with van der Waals surface area (Å²) in [7, 11) is -4.52. The van der Waals surface area contributed by atoms with Crippen LogP contribution in [0.5, 0.6) is 5.75 Å². The van der Waals surface area contributed by atoms with E-state index in [2.05, 4.69) is 4.74 Å². The summed E-state index contributed by atoms with van der Waals surface area (Å²) in [6, 6.07) is 3.88. The minimum Gasteiger partial charge on any atom is -0.425 e. The van der Waals surface area contributed by atoms with Gasteiger partial charge in [-0.1, -0.05) is 17.7 Å². The van der Waals surface area contributed by atoms with Crippen LogP contribution in [0.15, 0.2) is 23.1 Å². The van der Waals surface area contributed by atoms with Gasteiger partial charge in [-0.15, -0.1) is 0 Å². The molecule has 0 unspecified atom stereocenters. The van der Waals surface area contributed by atoms with Crippen LogP contribution in [-0.4, -0.2) is 18.9 Å². The number of carbonyl (C=O) groups excluding carboxylic acids is 1. The van der Waals surface area contributed by atoms with Crippen molar-refractivity contribution in [2.24, 2.45) is 0 Å². The Morgan fingerprint density at radius 1 is 1.47 bits per heavy atom. The first-order chi connectivity index (χ1) is 6.82. The number of carbonyl (C=O) groups is 1. The lowest BCUT2D eigenvalue weighted by Gasteiger charge is -2.07. The van der Waals surface area contributed by atoms with Crippen molar-refractivity contribution in [2.45, 2.75) is 11.8 Å². The number of ether oxygens (including phenoxy) is 1. The highest BCUT2D eigenvalue weighted by Crippen LogP contribution is 2.30. The number of rotatable bonds is 2. The van der Waals surface area contributed by atoms with E-state index in [9.17, 15) is 13.2 Å². The molecule has 5 nitrogen and oxygen atoms in total. The molecule has 1 aromatic rings. The molecular formula is C8H7ClO5S. The van der Waals surface area contributed by atoms with E-state index >= 15 is 0 Å². The number of halogens is 1. The Labute approximate surface area is 91.4 Å².